The van der Waals surface area contributed by atoms with Gasteiger partial charge in [0.2, 0.25) is 0 Å². The van der Waals surface area contributed by atoms with Gasteiger partial charge in [0.05, 0.1) is 12.3 Å². The third kappa shape index (κ3) is 2.79. The molecule has 1 fully saturated rings. The third-order valence-electron chi connectivity index (χ3n) is 2.91. The van der Waals surface area contributed by atoms with Gasteiger partial charge in [-0.05, 0) is 19.8 Å². The van der Waals surface area contributed by atoms with E-state index in [9.17, 15) is 0 Å². The van der Waals surface area contributed by atoms with Crippen molar-refractivity contribution in [3.8, 4) is 0 Å². The molecule has 2 unspecified atom stereocenters. The SMILES string of the molecule is CC(NCc1cnn(C)c1)C1CCCO1. The molecule has 1 saturated heterocycles. The molecular weight excluding hydrogens is 190 g/mol. The number of hydrogen-bond donors (Lipinski definition) is 1. The fourth-order valence-corrected chi connectivity index (χ4v) is 1.97. The Hall–Kier alpha value is -0.870. The fraction of sp³-hybridized carbons (Fsp3) is 0.727. The van der Waals surface area contributed by atoms with E-state index in [1.165, 1.54) is 18.4 Å². The van der Waals surface area contributed by atoms with Crippen LogP contribution in [0.25, 0.3) is 0 Å². The first-order valence-corrected chi connectivity index (χ1v) is 5.58. The highest BCUT2D eigenvalue weighted by Gasteiger charge is 2.21. The van der Waals surface area contributed by atoms with E-state index in [1.54, 1.807) is 0 Å². The van der Waals surface area contributed by atoms with Crippen LogP contribution in [0, 0.1) is 0 Å². The van der Waals surface area contributed by atoms with Crippen LogP contribution in [0.3, 0.4) is 0 Å². The average Bonchev–Trinajstić information content (AvgIpc) is 2.84. The van der Waals surface area contributed by atoms with Crippen molar-refractivity contribution in [2.75, 3.05) is 6.61 Å². The lowest BCUT2D eigenvalue weighted by Crippen LogP contribution is -2.36. The maximum Gasteiger partial charge on any atom is 0.0726 e. The van der Waals surface area contributed by atoms with Gasteiger partial charge in [-0.1, -0.05) is 0 Å². The summed E-state index contributed by atoms with van der Waals surface area (Å²) >= 11 is 0. The van der Waals surface area contributed by atoms with Crippen LogP contribution >= 0.6 is 0 Å². The topological polar surface area (TPSA) is 39.1 Å². The van der Waals surface area contributed by atoms with Crippen molar-refractivity contribution in [3.05, 3.63) is 18.0 Å². The molecule has 1 aliphatic heterocycles. The summed E-state index contributed by atoms with van der Waals surface area (Å²) in [6.45, 7) is 3.98. The van der Waals surface area contributed by atoms with Gasteiger partial charge in [-0.25, -0.2) is 0 Å². The summed E-state index contributed by atoms with van der Waals surface area (Å²) in [5.41, 5.74) is 1.22. The number of nitrogens with zero attached hydrogens (tertiary/aromatic N) is 2. The maximum atomic E-state index is 5.63. The van der Waals surface area contributed by atoms with Crippen LogP contribution in [0.1, 0.15) is 25.3 Å². The lowest BCUT2D eigenvalue weighted by Gasteiger charge is -2.19. The molecule has 4 heteroatoms. The molecule has 0 spiro atoms. The van der Waals surface area contributed by atoms with Gasteiger partial charge in [-0.3, -0.25) is 4.68 Å². The number of hydrogen-bond acceptors (Lipinski definition) is 3. The summed E-state index contributed by atoms with van der Waals surface area (Å²) in [5.74, 6) is 0. The van der Waals surface area contributed by atoms with E-state index in [4.69, 9.17) is 4.74 Å². The monoisotopic (exact) mass is 209 g/mol. The van der Waals surface area contributed by atoms with Crippen LogP contribution < -0.4 is 5.32 Å². The van der Waals surface area contributed by atoms with Crippen molar-refractivity contribution in [1.82, 2.24) is 15.1 Å². The minimum absolute atomic E-state index is 0.390. The molecule has 4 nitrogen and oxygen atoms in total. The second kappa shape index (κ2) is 4.77. The number of nitrogens with one attached hydrogen (secondary N) is 1. The summed E-state index contributed by atoms with van der Waals surface area (Å²) in [7, 11) is 1.94. The summed E-state index contributed by atoms with van der Waals surface area (Å²) < 4.78 is 7.45. The molecule has 0 bridgehead atoms. The van der Waals surface area contributed by atoms with Gasteiger partial charge in [0.1, 0.15) is 0 Å². The lowest BCUT2D eigenvalue weighted by atomic mass is 10.1. The normalized spacial score (nSPS) is 23.2. The van der Waals surface area contributed by atoms with E-state index in [2.05, 4.69) is 17.3 Å². The van der Waals surface area contributed by atoms with Crippen molar-refractivity contribution in [2.24, 2.45) is 7.05 Å². The van der Waals surface area contributed by atoms with Crippen molar-refractivity contribution in [1.29, 1.82) is 0 Å². The quantitative estimate of drug-likeness (QED) is 0.806. The van der Waals surface area contributed by atoms with Crippen molar-refractivity contribution < 1.29 is 4.74 Å². The standard InChI is InChI=1S/C11H19N3O/c1-9(11-4-3-5-15-11)12-6-10-7-13-14(2)8-10/h7-9,11-12H,3-6H2,1-2H3. The molecule has 84 valence electrons. The summed E-state index contributed by atoms with van der Waals surface area (Å²) in [5, 5.41) is 7.61. The Kier molecular flexibility index (Phi) is 3.38. The molecule has 15 heavy (non-hydrogen) atoms. The van der Waals surface area contributed by atoms with Crippen LogP contribution in [0.15, 0.2) is 12.4 Å². The second-order valence-electron chi connectivity index (χ2n) is 4.24. The molecule has 1 aromatic rings. The predicted molar refractivity (Wildman–Crippen MR) is 58.5 cm³/mol. The van der Waals surface area contributed by atoms with Crippen LogP contribution in [0.5, 0.6) is 0 Å². The Morgan fingerprint density at radius 3 is 3.20 bits per heavy atom. The van der Waals surface area contributed by atoms with Gasteiger partial charge < -0.3 is 10.1 Å². The molecule has 0 aromatic carbocycles. The average molecular weight is 209 g/mol. The molecule has 2 atom stereocenters. The molecule has 1 aliphatic rings. The largest absolute Gasteiger partial charge is 0.377 e. The molecule has 0 saturated carbocycles. The molecule has 1 aromatic heterocycles. The first-order valence-electron chi connectivity index (χ1n) is 5.58. The van der Waals surface area contributed by atoms with Crippen LogP contribution in [-0.2, 0) is 18.3 Å². The van der Waals surface area contributed by atoms with E-state index >= 15 is 0 Å². The van der Waals surface area contributed by atoms with Crippen LogP contribution in [0.4, 0.5) is 0 Å². The third-order valence-corrected chi connectivity index (χ3v) is 2.91. The van der Waals surface area contributed by atoms with E-state index in [1.807, 2.05) is 24.1 Å². The Balaban J connectivity index is 1.77. The Morgan fingerprint density at radius 2 is 2.60 bits per heavy atom. The van der Waals surface area contributed by atoms with E-state index in [0.717, 1.165) is 13.2 Å². The lowest BCUT2D eigenvalue weighted by molar-refractivity contribution is 0.0832. The summed E-state index contributed by atoms with van der Waals surface area (Å²) in [6.07, 6.45) is 6.71. The Morgan fingerprint density at radius 1 is 1.73 bits per heavy atom. The highest BCUT2D eigenvalue weighted by molar-refractivity contribution is 5.03. The number of aromatic nitrogens is 2. The minimum Gasteiger partial charge on any atom is -0.377 e. The van der Waals surface area contributed by atoms with E-state index in [-0.39, 0.29) is 0 Å². The molecule has 0 amide bonds. The molecule has 0 aliphatic carbocycles. The zero-order valence-corrected chi connectivity index (χ0v) is 9.44. The first-order chi connectivity index (χ1) is 7.25. The van der Waals surface area contributed by atoms with Gasteiger partial charge in [-0.15, -0.1) is 0 Å². The summed E-state index contributed by atoms with van der Waals surface area (Å²) in [4.78, 5) is 0. The van der Waals surface area contributed by atoms with Gasteiger partial charge >= 0.3 is 0 Å². The molecule has 1 N–H and O–H groups in total. The molecular formula is C11H19N3O. The number of ether oxygens (including phenoxy) is 1. The second-order valence-corrected chi connectivity index (χ2v) is 4.24. The smallest absolute Gasteiger partial charge is 0.0726 e. The van der Waals surface area contributed by atoms with E-state index < -0.39 is 0 Å². The Labute approximate surface area is 90.6 Å². The number of aryl methyl sites for hydroxylation is 1. The Bertz CT molecular complexity index is 305. The zero-order chi connectivity index (χ0) is 10.7. The van der Waals surface area contributed by atoms with Crippen LogP contribution in [0.2, 0.25) is 0 Å². The first kappa shape index (κ1) is 10.6. The number of rotatable bonds is 4. The molecule has 0 radical (unpaired) electrons. The highest BCUT2D eigenvalue weighted by atomic mass is 16.5. The van der Waals surface area contributed by atoms with Gasteiger partial charge in [0.15, 0.2) is 0 Å². The maximum absolute atomic E-state index is 5.63. The molecule has 2 heterocycles. The predicted octanol–water partition coefficient (Wildman–Crippen LogP) is 1.08. The van der Waals surface area contributed by atoms with E-state index in [0.29, 0.717) is 12.1 Å². The van der Waals surface area contributed by atoms with Crippen LogP contribution in [-0.4, -0.2) is 28.5 Å². The summed E-state index contributed by atoms with van der Waals surface area (Å²) in [6, 6.07) is 0.424. The van der Waals surface area contributed by atoms with Crippen molar-refractivity contribution >= 4 is 0 Å². The van der Waals surface area contributed by atoms with Gasteiger partial charge in [0, 0.05) is 38.0 Å². The molecule has 2 rings (SSSR count). The highest BCUT2D eigenvalue weighted by Crippen LogP contribution is 2.15. The van der Waals surface area contributed by atoms with Crippen molar-refractivity contribution in [2.45, 2.75) is 38.5 Å². The fourth-order valence-electron chi connectivity index (χ4n) is 1.97. The zero-order valence-electron chi connectivity index (χ0n) is 9.44. The van der Waals surface area contributed by atoms with Gasteiger partial charge in [0.25, 0.3) is 0 Å². The van der Waals surface area contributed by atoms with Crippen molar-refractivity contribution in [3.63, 3.8) is 0 Å². The minimum atomic E-state index is 0.390. The van der Waals surface area contributed by atoms with Gasteiger partial charge in [-0.2, -0.15) is 5.10 Å².